The molecule has 1 aliphatic heterocycles. The fourth-order valence-corrected chi connectivity index (χ4v) is 2.94. The molecule has 0 aromatic carbocycles. The monoisotopic (exact) mass is 181 g/mol. The highest BCUT2D eigenvalue weighted by molar-refractivity contribution is 7.10. The molecule has 12 heavy (non-hydrogen) atoms. The molecule has 0 bridgehead atoms. The van der Waals surface area contributed by atoms with Gasteiger partial charge in [-0.05, 0) is 43.3 Å². The Kier molecular flexibility index (Phi) is 2.47. The Hall–Kier alpha value is -0.340. The third kappa shape index (κ3) is 1.54. The lowest BCUT2D eigenvalue weighted by Gasteiger charge is -2.22. The summed E-state index contributed by atoms with van der Waals surface area (Å²) in [5.41, 5.74) is 1.48. The van der Waals surface area contributed by atoms with Crippen LogP contribution in [0, 0.1) is 6.92 Å². The van der Waals surface area contributed by atoms with E-state index < -0.39 is 0 Å². The number of rotatable bonds is 1. The van der Waals surface area contributed by atoms with Crippen LogP contribution in [0.3, 0.4) is 0 Å². The lowest BCUT2D eigenvalue weighted by Crippen LogP contribution is -2.28. The third-order valence-corrected chi connectivity index (χ3v) is 3.75. The molecule has 2 heterocycles. The number of aryl methyl sites for hydroxylation is 1. The van der Waals surface area contributed by atoms with E-state index in [1.807, 2.05) is 11.3 Å². The maximum atomic E-state index is 3.46. The maximum Gasteiger partial charge on any atom is 0.0118 e. The topological polar surface area (TPSA) is 12.0 Å². The van der Waals surface area contributed by atoms with E-state index in [0.29, 0.717) is 0 Å². The highest BCUT2D eigenvalue weighted by Gasteiger charge is 2.17. The highest BCUT2D eigenvalue weighted by Crippen LogP contribution is 2.29. The minimum atomic E-state index is 0.791. The van der Waals surface area contributed by atoms with E-state index in [0.717, 1.165) is 5.92 Å². The van der Waals surface area contributed by atoms with Crippen molar-refractivity contribution in [2.45, 2.75) is 25.7 Å². The first-order valence-corrected chi connectivity index (χ1v) is 5.50. The van der Waals surface area contributed by atoms with Crippen LogP contribution in [-0.4, -0.2) is 13.1 Å². The second-order valence-corrected chi connectivity index (χ2v) is 4.46. The first-order chi connectivity index (χ1) is 5.88. The van der Waals surface area contributed by atoms with Gasteiger partial charge in [-0.15, -0.1) is 11.3 Å². The van der Waals surface area contributed by atoms with Gasteiger partial charge in [0.05, 0.1) is 0 Å². The molecule has 1 aromatic rings. The quantitative estimate of drug-likeness (QED) is 0.702. The van der Waals surface area contributed by atoms with Crippen LogP contribution in [0.1, 0.15) is 29.2 Å². The molecule has 0 unspecified atom stereocenters. The van der Waals surface area contributed by atoms with Crippen LogP contribution in [0.25, 0.3) is 0 Å². The van der Waals surface area contributed by atoms with Gasteiger partial charge in [0.25, 0.3) is 0 Å². The van der Waals surface area contributed by atoms with Gasteiger partial charge in [0.1, 0.15) is 0 Å². The predicted octanol–water partition coefficient (Wildman–Crippen LogP) is 2.52. The molecule has 0 amide bonds. The summed E-state index contributed by atoms with van der Waals surface area (Å²) < 4.78 is 0. The Labute approximate surface area is 77.8 Å². The molecule has 0 saturated carbocycles. The summed E-state index contributed by atoms with van der Waals surface area (Å²) in [5, 5.41) is 5.66. The average Bonchev–Trinajstić information content (AvgIpc) is 2.53. The molecule has 1 saturated heterocycles. The molecule has 66 valence electrons. The van der Waals surface area contributed by atoms with Crippen molar-refractivity contribution >= 4 is 11.3 Å². The molecule has 1 aliphatic rings. The van der Waals surface area contributed by atoms with Gasteiger partial charge in [-0.2, -0.15) is 0 Å². The molecule has 0 aliphatic carbocycles. The second kappa shape index (κ2) is 3.58. The number of thiophene rings is 1. The van der Waals surface area contributed by atoms with Gasteiger partial charge < -0.3 is 5.32 Å². The molecule has 1 aromatic heterocycles. The summed E-state index contributed by atoms with van der Waals surface area (Å²) in [6.07, 6.45) is 2.70. The highest BCUT2D eigenvalue weighted by atomic mass is 32.1. The molecule has 1 nitrogen and oxygen atoms in total. The molecule has 2 rings (SSSR count). The van der Waals surface area contributed by atoms with E-state index in [1.165, 1.54) is 31.5 Å². The van der Waals surface area contributed by atoms with Crippen molar-refractivity contribution < 1.29 is 0 Å². The number of hydrogen-bond acceptors (Lipinski definition) is 2. The van der Waals surface area contributed by atoms with Crippen molar-refractivity contribution in [3.05, 3.63) is 21.9 Å². The minimum Gasteiger partial charge on any atom is -0.316 e. The summed E-state index contributed by atoms with van der Waals surface area (Å²) in [5.74, 6) is 0.791. The molecular weight excluding hydrogens is 166 g/mol. The van der Waals surface area contributed by atoms with Crippen molar-refractivity contribution in [3.8, 4) is 0 Å². The first-order valence-electron chi connectivity index (χ1n) is 4.62. The molecular formula is C10H15NS. The van der Waals surface area contributed by atoms with Gasteiger partial charge in [-0.25, -0.2) is 0 Å². The Morgan fingerprint density at radius 1 is 1.58 bits per heavy atom. The van der Waals surface area contributed by atoms with Crippen LogP contribution in [0.4, 0.5) is 0 Å². The largest absolute Gasteiger partial charge is 0.316 e. The molecule has 0 radical (unpaired) electrons. The lowest BCUT2D eigenvalue weighted by atomic mass is 9.96. The second-order valence-electron chi connectivity index (χ2n) is 3.51. The number of nitrogens with one attached hydrogen (secondary N) is 1. The summed E-state index contributed by atoms with van der Waals surface area (Å²) >= 11 is 1.92. The molecule has 1 N–H and O–H groups in total. The van der Waals surface area contributed by atoms with E-state index in [2.05, 4.69) is 23.7 Å². The van der Waals surface area contributed by atoms with Crippen molar-refractivity contribution in [2.75, 3.05) is 13.1 Å². The Bertz CT molecular complexity index is 248. The Morgan fingerprint density at radius 2 is 2.50 bits per heavy atom. The normalized spacial score (nSPS) is 24.2. The van der Waals surface area contributed by atoms with E-state index in [1.54, 1.807) is 4.88 Å². The predicted molar refractivity (Wildman–Crippen MR) is 53.9 cm³/mol. The number of hydrogen-bond donors (Lipinski definition) is 1. The lowest BCUT2D eigenvalue weighted by molar-refractivity contribution is 0.465. The van der Waals surface area contributed by atoms with Gasteiger partial charge in [-0.1, -0.05) is 0 Å². The van der Waals surface area contributed by atoms with Gasteiger partial charge >= 0.3 is 0 Å². The Morgan fingerprint density at radius 3 is 3.08 bits per heavy atom. The molecule has 1 atom stereocenters. The van der Waals surface area contributed by atoms with E-state index >= 15 is 0 Å². The van der Waals surface area contributed by atoms with Crippen LogP contribution in [0.5, 0.6) is 0 Å². The molecule has 2 heteroatoms. The maximum absolute atomic E-state index is 3.46. The summed E-state index contributed by atoms with van der Waals surface area (Å²) in [6, 6.07) is 2.23. The van der Waals surface area contributed by atoms with Gasteiger partial charge in [0.2, 0.25) is 0 Å². The third-order valence-electron chi connectivity index (χ3n) is 2.57. The number of piperidine rings is 1. The Balaban J connectivity index is 2.13. The van der Waals surface area contributed by atoms with Crippen molar-refractivity contribution in [3.63, 3.8) is 0 Å². The first kappa shape index (κ1) is 8.27. The summed E-state index contributed by atoms with van der Waals surface area (Å²) in [6.45, 7) is 4.61. The standard InChI is InChI=1S/C10H15NS/c1-8-4-6-12-10(8)9-3-2-5-11-7-9/h4,6,9,11H,2-3,5,7H2,1H3/t9-/m0/s1. The van der Waals surface area contributed by atoms with Gasteiger partial charge in [0.15, 0.2) is 0 Å². The zero-order valence-electron chi connectivity index (χ0n) is 7.47. The van der Waals surface area contributed by atoms with E-state index in [4.69, 9.17) is 0 Å². The van der Waals surface area contributed by atoms with Crippen LogP contribution in [0.15, 0.2) is 11.4 Å². The van der Waals surface area contributed by atoms with E-state index in [-0.39, 0.29) is 0 Å². The zero-order chi connectivity index (χ0) is 8.39. The molecule has 0 spiro atoms. The van der Waals surface area contributed by atoms with E-state index in [9.17, 15) is 0 Å². The van der Waals surface area contributed by atoms with Crippen LogP contribution in [-0.2, 0) is 0 Å². The van der Waals surface area contributed by atoms with Crippen molar-refractivity contribution in [2.24, 2.45) is 0 Å². The smallest absolute Gasteiger partial charge is 0.0118 e. The fraction of sp³-hybridized carbons (Fsp3) is 0.600. The zero-order valence-corrected chi connectivity index (χ0v) is 8.29. The average molecular weight is 181 g/mol. The van der Waals surface area contributed by atoms with Gasteiger partial charge in [0, 0.05) is 17.3 Å². The van der Waals surface area contributed by atoms with Crippen molar-refractivity contribution in [1.82, 2.24) is 5.32 Å². The van der Waals surface area contributed by atoms with Crippen LogP contribution in [0.2, 0.25) is 0 Å². The molecule has 1 fully saturated rings. The minimum absolute atomic E-state index is 0.791. The van der Waals surface area contributed by atoms with Crippen LogP contribution >= 0.6 is 11.3 Å². The van der Waals surface area contributed by atoms with Gasteiger partial charge in [-0.3, -0.25) is 0 Å². The fourth-order valence-electron chi connectivity index (χ4n) is 1.88. The summed E-state index contributed by atoms with van der Waals surface area (Å²) in [4.78, 5) is 1.60. The summed E-state index contributed by atoms with van der Waals surface area (Å²) in [7, 11) is 0. The van der Waals surface area contributed by atoms with Crippen molar-refractivity contribution in [1.29, 1.82) is 0 Å². The SMILES string of the molecule is Cc1ccsc1[C@H]1CCCNC1. The van der Waals surface area contributed by atoms with Crippen LogP contribution < -0.4 is 5.32 Å².